The molecule has 6 aromatic rings. The van der Waals surface area contributed by atoms with Gasteiger partial charge in [-0.05, 0) is 37.3 Å². The van der Waals surface area contributed by atoms with Crippen molar-refractivity contribution in [1.29, 1.82) is 0 Å². The van der Waals surface area contributed by atoms with E-state index in [2.05, 4.69) is 30.2 Å². The van der Waals surface area contributed by atoms with Crippen molar-refractivity contribution in [3.05, 3.63) is 103 Å². The van der Waals surface area contributed by atoms with E-state index in [9.17, 15) is 4.39 Å². The molecular weight excluding hydrogens is 659 g/mol. The number of pyridine rings is 5. The Labute approximate surface area is 292 Å². The molecule has 0 aliphatic carbocycles. The molecule has 3 N–H and O–H groups in total. The van der Waals surface area contributed by atoms with E-state index < -0.39 is 18.8 Å². The third-order valence-corrected chi connectivity index (χ3v) is 8.24. The van der Waals surface area contributed by atoms with E-state index in [4.69, 9.17) is 29.2 Å². The van der Waals surface area contributed by atoms with Gasteiger partial charge in [0.05, 0.1) is 91.1 Å². The largest absolute Gasteiger partial charge is 0.496 e. The van der Waals surface area contributed by atoms with Crippen LogP contribution in [0.3, 0.4) is 0 Å². The van der Waals surface area contributed by atoms with Gasteiger partial charge in [0.2, 0.25) is 0 Å². The highest BCUT2D eigenvalue weighted by atomic mass is 19.1. The summed E-state index contributed by atoms with van der Waals surface area (Å²) in [5, 5.41) is 21.2. The lowest BCUT2D eigenvalue weighted by Crippen LogP contribution is -2.36. The second-order valence-electron chi connectivity index (χ2n) is 11.3. The van der Waals surface area contributed by atoms with Crippen molar-refractivity contribution >= 4 is 40.5 Å². The van der Waals surface area contributed by atoms with Crippen LogP contribution in [0.5, 0.6) is 11.5 Å². The molecule has 15 heteroatoms. The lowest BCUT2D eigenvalue weighted by Gasteiger charge is -2.29. The average molecular weight is 694 g/mol. The maximum Gasteiger partial charge on any atom is 0.492 e. The van der Waals surface area contributed by atoms with Gasteiger partial charge in [-0.3, -0.25) is 19.9 Å². The molecule has 0 amide bonds. The monoisotopic (exact) mass is 693 g/mol. The molecular formula is C36H34BF2N7O5. The number of morpholine rings is 1. The highest BCUT2D eigenvalue weighted by molar-refractivity contribution is 6.59. The molecule has 51 heavy (non-hydrogen) atoms. The van der Waals surface area contributed by atoms with Crippen LogP contribution in [0.1, 0.15) is 5.56 Å². The summed E-state index contributed by atoms with van der Waals surface area (Å²) in [5.41, 5.74) is 5.48. The summed E-state index contributed by atoms with van der Waals surface area (Å²) in [6, 6.07) is 12.8. The molecule has 1 aliphatic rings. The molecule has 0 saturated carbocycles. The first-order valence-corrected chi connectivity index (χ1v) is 15.9. The minimum atomic E-state index is -1.51. The van der Waals surface area contributed by atoms with Crippen LogP contribution in [-0.2, 0) is 4.74 Å². The molecule has 7 rings (SSSR count). The summed E-state index contributed by atoms with van der Waals surface area (Å²) in [6.45, 7) is 4.50. The number of benzene rings is 1. The first kappa shape index (κ1) is 35.1. The van der Waals surface area contributed by atoms with E-state index in [0.717, 1.165) is 11.8 Å². The topological polar surface area (TPSA) is 148 Å². The number of rotatable bonds is 8. The van der Waals surface area contributed by atoms with Crippen LogP contribution < -0.4 is 25.2 Å². The number of hydrogen-bond donors (Lipinski definition) is 3. The number of fused-ring (bicyclic) bond motifs is 1. The van der Waals surface area contributed by atoms with Crippen molar-refractivity contribution in [2.75, 3.05) is 50.7 Å². The number of nitrogens with zero attached hydrogens (tertiary/aromatic N) is 6. The fourth-order valence-corrected chi connectivity index (χ4v) is 5.72. The van der Waals surface area contributed by atoms with Gasteiger partial charge >= 0.3 is 7.12 Å². The molecule has 12 nitrogen and oxygen atoms in total. The smallest absolute Gasteiger partial charge is 0.492 e. The van der Waals surface area contributed by atoms with E-state index in [0.29, 0.717) is 82.8 Å². The molecule has 1 aliphatic heterocycles. The molecule has 0 bridgehead atoms. The normalized spacial score (nSPS) is 12.6. The van der Waals surface area contributed by atoms with Crippen LogP contribution in [0.15, 0.2) is 85.7 Å². The van der Waals surface area contributed by atoms with Crippen LogP contribution >= 0.6 is 0 Å². The molecule has 0 radical (unpaired) electrons. The Morgan fingerprint density at radius 2 is 1.61 bits per heavy atom. The molecule has 0 spiro atoms. The lowest BCUT2D eigenvalue weighted by molar-refractivity contribution is 0.122. The van der Waals surface area contributed by atoms with Crippen molar-refractivity contribution in [3.8, 4) is 34.1 Å². The molecule has 1 fully saturated rings. The molecule has 0 atom stereocenters. The minimum Gasteiger partial charge on any atom is -0.496 e. The van der Waals surface area contributed by atoms with Crippen molar-refractivity contribution < 1.29 is 33.0 Å². The summed E-state index contributed by atoms with van der Waals surface area (Å²) >= 11 is 0. The Morgan fingerprint density at radius 3 is 2.29 bits per heavy atom. The molecule has 1 aromatic carbocycles. The van der Waals surface area contributed by atoms with Gasteiger partial charge in [0.15, 0.2) is 0 Å². The van der Waals surface area contributed by atoms with Gasteiger partial charge in [0.25, 0.3) is 0 Å². The fraction of sp³-hybridized carbons (Fsp3) is 0.194. The highest BCUT2D eigenvalue weighted by Crippen LogP contribution is 2.41. The Balaban J connectivity index is 0.000000349. The quantitative estimate of drug-likeness (QED) is 0.190. The Hall–Kier alpha value is -5.77. The molecule has 5 aromatic heterocycles. The third kappa shape index (κ3) is 7.70. The number of halogens is 2. The minimum absolute atomic E-state index is 0.169. The van der Waals surface area contributed by atoms with E-state index in [1.165, 1.54) is 31.6 Å². The Bertz CT molecular complexity index is 2140. The van der Waals surface area contributed by atoms with Gasteiger partial charge in [-0.1, -0.05) is 6.07 Å². The second-order valence-corrected chi connectivity index (χ2v) is 11.3. The van der Waals surface area contributed by atoms with Gasteiger partial charge in [-0.25, -0.2) is 13.8 Å². The van der Waals surface area contributed by atoms with E-state index >= 15 is 4.39 Å². The van der Waals surface area contributed by atoms with Crippen LogP contribution in [-0.4, -0.2) is 82.6 Å². The molecule has 6 heterocycles. The summed E-state index contributed by atoms with van der Waals surface area (Å²) in [7, 11) is 1.51. The Morgan fingerprint density at radius 1 is 0.863 bits per heavy atom. The number of aromatic nitrogens is 5. The van der Waals surface area contributed by atoms with Gasteiger partial charge in [0, 0.05) is 60.4 Å². The summed E-state index contributed by atoms with van der Waals surface area (Å²) in [4.78, 5) is 24.0. The van der Waals surface area contributed by atoms with Crippen LogP contribution in [0.25, 0.3) is 33.5 Å². The van der Waals surface area contributed by atoms with Crippen LogP contribution in [0.4, 0.5) is 25.8 Å². The zero-order chi connectivity index (χ0) is 35.9. The summed E-state index contributed by atoms with van der Waals surface area (Å²) < 4.78 is 45.7. The number of nitrogens with one attached hydrogen (secondary N) is 1. The maximum atomic E-state index is 15.4. The number of ether oxygens (including phenoxy) is 3. The van der Waals surface area contributed by atoms with Gasteiger partial charge in [0.1, 0.15) is 23.1 Å². The van der Waals surface area contributed by atoms with E-state index in [1.807, 2.05) is 31.2 Å². The maximum absolute atomic E-state index is 15.4. The number of anilines is 3. The van der Waals surface area contributed by atoms with Crippen molar-refractivity contribution in [3.63, 3.8) is 0 Å². The first-order valence-electron chi connectivity index (χ1n) is 15.9. The molecule has 260 valence electrons. The molecule has 1 saturated heterocycles. The predicted octanol–water partition coefficient (Wildman–Crippen LogP) is 4.70. The fourth-order valence-electron chi connectivity index (χ4n) is 5.72. The first-order chi connectivity index (χ1) is 24.8. The van der Waals surface area contributed by atoms with Crippen LogP contribution in [0, 0.1) is 18.6 Å². The van der Waals surface area contributed by atoms with E-state index in [-0.39, 0.29) is 10.9 Å². The van der Waals surface area contributed by atoms with E-state index in [1.54, 1.807) is 38.0 Å². The second kappa shape index (κ2) is 15.8. The molecule has 0 unspecified atom stereocenters. The van der Waals surface area contributed by atoms with Gasteiger partial charge in [-0.2, -0.15) is 0 Å². The Kier molecular flexibility index (Phi) is 10.9. The van der Waals surface area contributed by atoms with Crippen LogP contribution in [0.2, 0.25) is 0 Å². The van der Waals surface area contributed by atoms with Crippen molar-refractivity contribution in [2.24, 2.45) is 0 Å². The van der Waals surface area contributed by atoms with Gasteiger partial charge < -0.3 is 34.5 Å². The van der Waals surface area contributed by atoms with Crippen molar-refractivity contribution in [1.82, 2.24) is 24.9 Å². The number of methoxy groups -OCH3 is 2. The lowest BCUT2D eigenvalue weighted by atomic mass is 9.80. The summed E-state index contributed by atoms with van der Waals surface area (Å²) in [5.74, 6) is -0.517. The zero-order valence-electron chi connectivity index (χ0n) is 28.0. The number of hydrogen-bond acceptors (Lipinski definition) is 12. The predicted molar refractivity (Wildman–Crippen MR) is 191 cm³/mol. The standard InChI is InChI=1S/C30H26F2N6O2.C6H8BNO3/c1-18-28(23-5-3-4-7-34-23)36-24-14-19(31)13-22(32)27(24)29(18)37-25-15-20(38-9-11-40-12-10-38)16-35-30(25)21-6-8-33-17-26(21)39-2;1-11-6-4-8-3-2-5(6)7(9)10/h3-8,13-17H,9-12H2,1-2H3,(H,36,37);2-4,9-10H,1H3. The highest BCUT2D eigenvalue weighted by Gasteiger charge is 2.22. The zero-order valence-corrected chi connectivity index (χ0v) is 28.0. The SMILES string of the molecule is COc1cnccc1-c1ncc(N2CCOCC2)cc1Nc1c(C)c(-c2ccccn2)nc2cc(F)cc(F)c12.COc1cnccc1B(O)O. The third-order valence-electron chi connectivity index (χ3n) is 8.24. The van der Waals surface area contributed by atoms with Crippen molar-refractivity contribution in [2.45, 2.75) is 6.92 Å². The average Bonchev–Trinajstić information content (AvgIpc) is 3.16. The van der Waals surface area contributed by atoms with Gasteiger partial charge in [-0.15, -0.1) is 0 Å². The summed E-state index contributed by atoms with van der Waals surface area (Å²) in [6.07, 6.45) is 9.63.